The zero-order chi connectivity index (χ0) is 20.6. The Balaban J connectivity index is 1.66. The summed E-state index contributed by atoms with van der Waals surface area (Å²) in [6.45, 7) is 0.694. The molecule has 0 radical (unpaired) electrons. The molecular formula is C20H17N3O6. The van der Waals surface area contributed by atoms with Crippen molar-refractivity contribution in [2.45, 2.75) is 0 Å². The first-order valence-electron chi connectivity index (χ1n) is 8.63. The van der Waals surface area contributed by atoms with Crippen LogP contribution >= 0.6 is 0 Å². The fourth-order valence-corrected chi connectivity index (χ4v) is 2.52. The molecule has 0 bridgehead atoms. The Morgan fingerprint density at radius 2 is 1.59 bits per heavy atom. The molecule has 0 aliphatic heterocycles. The number of ether oxygens (including phenoxy) is 2. The van der Waals surface area contributed by atoms with Gasteiger partial charge in [0.2, 0.25) is 0 Å². The summed E-state index contributed by atoms with van der Waals surface area (Å²) in [5.41, 5.74) is -2.13. The second-order valence-electron chi connectivity index (χ2n) is 5.84. The van der Waals surface area contributed by atoms with Gasteiger partial charge in [-0.05, 0) is 35.9 Å². The molecule has 1 aromatic heterocycles. The number of rotatable bonds is 8. The van der Waals surface area contributed by atoms with Crippen LogP contribution in [0.5, 0.6) is 11.5 Å². The maximum atomic E-state index is 11.6. The van der Waals surface area contributed by atoms with Crippen LogP contribution in [0.4, 0.5) is 5.69 Å². The molecule has 0 fully saturated rings. The van der Waals surface area contributed by atoms with Crippen molar-refractivity contribution in [1.82, 2.24) is 9.97 Å². The van der Waals surface area contributed by atoms with Gasteiger partial charge in [-0.3, -0.25) is 19.9 Å². The van der Waals surface area contributed by atoms with Gasteiger partial charge in [-0.15, -0.1) is 0 Å². The first-order chi connectivity index (χ1) is 14.0. The molecule has 0 aliphatic rings. The lowest BCUT2D eigenvalue weighted by molar-refractivity contribution is -0.386. The van der Waals surface area contributed by atoms with Crippen molar-refractivity contribution in [3.63, 3.8) is 0 Å². The minimum Gasteiger partial charge on any atom is -0.490 e. The molecule has 3 aromatic rings. The Kier molecular flexibility index (Phi) is 6.21. The number of hydrogen-bond donors (Lipinski definition) is 2. The molecule has 29 heavy (non-hydrogen) atoms. The highest BCUT2D eigenvalue weighted by atomic mass is 16.6. The average molecular weight is 395 g/mol. The van der Waals surface area contributed by atoms with Crippen LogP contribution < -0.4 is 20.7 Å². The molecule has 0 saturated carbocycles. The Morgan fingerprint density at radius 1 is 0.897 bits per heavy atom. The van der Waals surface area contributed by atoms with Gasteiger partial charge in [0.1, 0.15) is 30.4 Å². The lowest BCUT2D eigenvalue weighted by atomic mass is 10.2. The van der Waals surface area contributed by atoms with Gasteiger partial charge >= 0.3 is 16.9 Å². The molecule has 148 valence electrons. The van der Waals surface area contributed by atoms with E-state index in [1.807, 2.05) is 35.3 Å². The second kappa shape index (κ2) is 9.18. The molecule has 0 amide bonds. The van der Waals surface area contributed by atoms with E-state index in [0.29, 0.717) is 24.5 Å². The van der Waals surface area contributed by atoms with Gasteiger partial charge in [-0.1, -0.05) is 36.4 Å². The highest BCUT2D eigenvalue weighted by Crippen LogP contribution is 2.17. The van der Waals surface area contributed by atoms with Gasteiger partial charge in [0.15, 0.2) is 0 Å². The minimum atomic E-state index is -1.06. The Morgan fingerprint density at radius 3 is 2.31 bits per heavy atom. The van der Waals surface area contributed by atoms with E-state index in [9.17, 15) is 19.7 Å². The number of aromatic nitrogens is 2. The first-order valence-corrected chi connectivity index (χ1v) is 8.63. The van der Waals surface area contributed by atoms with E-state index in [-0.39, 0.29) is 5.69 Å². The summed E-state index contributed by atoms with van der Waals surface area (Å²) in [7, 11) is 0. The smallest absolute Gasteiger partial charge is 0.357 e. The van der Waals surface area contributed by atoms with E-state index in [4.69, 9.17) is 9.47 Å². The van der Waals surface area contributed by atoms with Crippen LogP contribution in [0, 0.1) is 10.1 Å². The van der Waals surface area contributed by atoms with E-state index in [1.54, 1.807) is 24.3 Å². The van der Waals surface area contributed by atoms with Gasteiger partial charge in [0, 0.05) is 0 Å². The topological polar surface area (TPSA) is 127 Å². The zero-order valence-electron chi connectivity index (χ0n) is 15.2. The number of hydrogen-bond acceptors (Lipinski definition) is 6. The average Bonchev–Trinajstić information content (AvgIpc) is 2.70. The van der Waals surface area contributed by atoms with Crippen LogP contribution in [0.15, 0.2) is 64.2 Å². The van der Waals surface area contributed by atoms with E-state index in [2.05, 4.69) is 4.98 Å². The molecule has 0 unspecified atom stereocenters. The number of nitro groups is 1. The Hall–Kier alpha value is -4.14. The van der Waals surface area contributed by atoms with E-state index >= 15 is 0 Å². The van der Waals surface area contributed by atoms with Crippen LogP contribution in [0.3, 0.4) is 0 Å². The van der Waals surface area contributed by atoms with Crippen molar-refractivity contribution in [2.75, 3.05) is 13.2 Å². The van der Waals surface area contributed by atoms with Crippen LogP contribution in [0.1, 0.15) is 11.3 Å². The highest BCUT2D eigenvalue weighted by Gasteiger charge is 2.18. The summed E-state index contributed by atoms with van der Waals surface area (Å²) in [6.07, 6.45) is 2.83. The summed E-state index contributed by atoms with van der Waals surface area (Å²) in [5, 5.41) is 11.1. The van der Waals surface area contributed by atoms with Gasteiger partial charge in [0.25, 0.3) is 0 Å². The molecule has 3 rings (SSSR count). The quantitative estimate of drug-likeness (QED) is 0.343. The summed E-state index contributed by atoms with van der Waals surface area (Å²) in [6, 6.07) is 16.3. The number of H-pyrrole nitrogens is 2. The van der Waals surface area contributed by atoms with E-state index < -0.39 is 21.9 Å². The standard InChI is InChI=1S/C20H17N3O6/c24-19-18(23(26)27)17(21-20(25)22-19)10-9-14-5-4-8-16(13-14)29-12-11-28-15-6-2-1-3-7-15/h1-10,13H,11-12H2,(H2,21,22,24,25)/b10-9-. The number of nitrogens with one attached hydrogen (secondary N) is 2. The molecule has 9 heteroatoms. The van der Waals surface area contributed by atoms with Crippen molar-refractivity contribution in [2.24, 2.45) is 0 Å². The van der Waals surface area contributed by atoms with Crippen molar-refractivity contribution in [3.05, 3.63) is 96.8 Å². The van der Waals surface area contributed by atoms with Crippen LogP contribution in [0.2, 0.25) is 0 Å². The van der Waals surface area contributed by atoms with Crippen molar-refractivity contribution in [1.29, 1.82) is 0 Å². The lowest BCUT2D eigenvalue weighted by Crippen LogP contribution is -2.25. The van der Waals surface area contributed by atoms with Gasteiger partial charge < -0.3 is 14.5 Å². The second-order valence-corrected chi connectivity index (χ2v) is 5.84. The zero-order valence-corrected chi connectivity index (χ0v) is 15.2. The lowest BCUT2D eigenvalue weighted by Gasteiger charge is -2.08. The van der Waals surface area contributed by atoms with Gasteiger partial charge in [0.05, 0.1) is 4.92 Å². The van der Waals surface area contributed by atoms with Crippen LogP contribution in [-0.4, -0.2) is 28.1 Å². The summed E-state index contributed by atoms with van der Waals surface area (Å²) < 4.78 is 11.2. The van der Waals surface area contributed by atoms with Crippen molar-refractivity contribution in [3.8, 4) is 11.5 Å². The maximum Gasteiger partial charge on any atom is 0.357 e. The molecular weight excluding hydrogens is 378 g/mol. The molecule has 1 heterocycles. The number of aromatic amines is 2. The first kappa shape index (κ1) is 19.6. The Labute approximate surface area is 164 Å². The SMILES string of the molecule is O=c1[nH]c(/C=C\c2cccc(OCCOc3ccccc3)c2)c([N+](=O)[O-])c(=O)[nH]1. The predicted octanol–water partition coefficient (Wildman–Crippen LogP) is 2.60. The molecule has 0 spiro atoms. The molecule has 0 aliphatic carbocycles. The minimum absolute atomic E-state index is 0.189. The third-order valence-electron chi connectivity index (χ3n) is 3.79. The molecule has 0 atom stereocenters. The summed E-state index contributed by atoms with van der Waals surface area (Å²) in [4.78, 5) is 37.3. The summed E-state index contributed by atoms with van der Waals surface area (Å²) >= 11 is 0. The Bertz CT molecular complexity index is 1130. The molecule has 9 nitrogen and oxygen atoms in total. The van der Waals surface area contributed by atoms with Crippen molar-refractivity contribution < 1.29 is 14.4 Å². The van der Waals surface area contributed by atoms with Crippen LogP contribution in [-0.2, 0) is 0 Å². The third-order valence-corrected chi connectivity index (χ3v) is 3.79. The normalized spacial score (nSPS) is 10.8. The number of nitrogens with zero attached hydrogens (tertiary/aromatic N) is 1. The number of benzene rings is 2. The van der Waals surface area contributed by atoms with Crippen molar-refractivity contribution >= 4 is 17.8 Å². The predicted molar refractivity (Wildman–Crippen MR) is 107 cm³/mol. The highest BCUT2D eigenvalue weighted by molar-refractivity contribution is 5.72. The van der Waals surface area contributed by atoms with Gasteiger partial charge in [-0.2, -0.15) is 0 Å². The monoisotopic (exact) mass is 395 g/mol. The molecule has 0 saturated heterocycles. The van der Waals surface area contributed by atoms with E-state index in [0.717, 1.165) is 5.75 Å². The van der Waals surface area contributed by atoms with Crippen LogP contribution in [0.25, 0.3) is 12.2 Å². The molecule has 2 N–H and O–H groups in total. The number of para-hydroxylation sites is 1. The largest absolute Gasteiger partial charge is 0.490 e. The summed E-state index contributed by atoms with van der Waals surface area (Å²) in [5.74, 6) is 1.33. The van der Waals surface area contributed by atoms with E-state index in [1.165, 1.54) is 12.2 Å². The fourth-order valence-electron chi connectivity index (χ4n) is 2.52. The molecule has 2 aromatic carbocycles. The fraction of sp³-hybridized carbons (Fsp3) is 0.100. The third kappa shape index (κ3) is 5.42. The van der Waals surface area contributed by atoms with Gasteiger partial charge in [-0.25, -0.2) is 4.79 Å². The maximum absolute atomic E-state index is 11.6.